The minimum Gasteiger partial charge on any atom is -0.337 e. The third kappa shape index (κ3) is 12.7. The van der Waals surface area contributed by atoms with Gasteiger partial charge in [-0.2, -0.15) is 0 Å². The molecule has 0 radical (unpaired) electrons. The summed E-state index contributed by atoms with van der Waals surface area (Å²) in [5, 5.41) is 10.8. The minimum absolute atomic E-state index is 0.0456. The van der Waals surface area contributed by atoms with Crippen LogP contribution in [0.3, 0.4) is 0 Å². The third-order valence-electron chi connectivity index (χ3n) is 12.1. The molecule has 9 rings (SSSR count). The maximum absolute atomic E-state index is 14.1. The molecule has 2 saturated heterocycles. The smallest absolute Gasteiger partial charge is 0.241 e. The molecule has 1 aromatic carbocycles. The van der Waals surface area contributed by atoms with Gasteiger partial charge in [0.1, 0.15) is 0 Å². The maximum Gasteiger partial charge on any atom is 0.241 e. The SMILES string of the molecule is O=C([C@H]1CN(C2c3ccc(Cl)cc3CCc3cc(Br)cnc32)CCN1)N(CCCn1ccnc1)Cc1ccccn1.O=C([C@H]1CNCCN1)N(CCCn1ccnc1)Cc1ccccn1. The zero-order valence-corrected chi connectivity index (χ0v) is 38.9. The van der Waals surface area contributed by atoms with Crippen LogP contribution in [0.1, 0.15) is 52.7 Å². The second-order valence-electron chi connectivity index (χ2n) is 16.6. The molecule has 2 fully saturated rings. The number of hydrogen-bond donors (Lipinski definition) is 3. The topological polar surface area (TPSA) is 154 Å². The number of carbonyl (C=O) groups is 2. The fourth-order valence-corrected chi connectivity index (χ4v) is 9.43. The van der Waals surface area contributed by atoms with Gasteiger partial charge in [-0.05, 0) is 101 Å². The minimum atomic E-state index is -0.335. The van der Waals surface area contributed by atoms with Gasteiger partial charge in [-0.3, -0.25) is 29.4 Å². The van der Waals surface area contributed by atoms with Gasteiger partial charge < -0.3 is 34.9 Å². The molecule has 0 saturated carbocycles. The summed E-state index contributed by atoms with van der Waals surface area (Å²) < 4.78 is 5.06. The van der Waals surface area contributed by atoms with Gasteiger partial charge in [0.15, 0.2) is 0 Å². The van der Waals surface area contributed by atoms with Crippen LogP contribution >= 0.6 is 27.5 Å². The van der Waals surface area contributed by atoms with Crippen LogP contribution in [0.2, 0.25) is 5.02 Å². The number of pyridine rings is 3. The number of hydrogen-bond acceptors (Lipinski definition) is 11. The monoisotopic (exact) mass is 961 g/mol. The highest BCUT2D eigenvalue weighted by molar-refractivity contribution is 9.10. The first-order valence-electron chi connectivity index (χ1n) is 22.5. The van der Waals surface area contributed by atoms with Crippen LogP contribution in [0.5, 0.6) is 0 Å². The fourth-order valence-electron chi connectivity index (χ4n) is 8.86. The Labute approximate surface area is 394 Å². The Kier molecular flexibility index (Phi) is 16.5. The molecule has 1 aliphatic carbocycles. The Bertz CT molecular complexity index is 2350. The number of piperazine rings is 2. The first kappa shape index (κ1) is 46.2. The van der Waals surface area contributed by atoms with E-state index in [2.05, 4.69) is 74.9 Å². The molecule has 0 bridgehead atoms. The van der Waals surface area contributed by atoms with E-state index in [-0.39, 0.29) is 29.9 Å². The molecule has 17 heteroatoms. The number of aromatic nitrogens is 7. The van der Waals surface area contributed by atoms with E-state index >= 15 is 0 Å². The Balaban J connectivity index is 0.000000204. The van der Waals surface area contributed by atoms with Crippen LogP contribution < -0.4 is 16.0 Å². The number of nitrogens with one attached hydrogen (secondary N) is 3. The Hall–Kier alpha value is -5.36. The highest BCUT2D eigenvalue weighted by atomic mass is 79.9. The van der Waals surface area contributed by atoms with E-state index in [0.717, 1.165) is 85.0 Å². The first-order valence-corrected chi connectivity index (χ1v) is 23.7. The molecule has 3 atom stereocenters. The quantitative estimate of drug-likeness (QED) is 0.129. The van der Waals surface area contributed by atoms with Gasteiger partial charge in [0.2, 0.25) is 11.8 Å². The Morgan fingerprint density at radius 3 is 1.98 bits per heavy atom. The van der Waals surface area contributed by atoms with E-state index in [1.54, 1.807) is 31.1 Å². The molecule has 2 amide bonds. The fraction of sp³-hybridized carbons (Fsp3) is 0.396. The summed E-state index contributed by atoms with van der Waals surface area (Å²) >= 11 is 10.0. The van der Waals surface area contributed by atoms with E-state index in [0.29, 0.717) is 45.8 Å². The lowest BCUT2D eigenvalue weighted by Gasteiger charge is -2.40. The predicted molar refractivity (Wildman–Crippen MR) is 254 cm³/mol. The molecule has 65 heavy (non-hydrogen) atoms. The average molecular weight is 963 g/mol. The largest absolute Gasteiger partial charge is 0.337 e. The van der Waals surface area contributed by atoms with Gasteiger partial charge in [-0.15, -0.1) is 0 Å². The number of halogens is 2. The number of imidazole rings is 2. The van der Waals surface area contributed by atoms with Crippen molar-refractivity contribution >= 4 is 39.3 Å². The van der Waals surface area contributed by atoms with Crippen LogP contribution in [0.4, 0.5) is 0 Å². The normalized spacial score (nSPS) is 18.3. The van der Waals surface area contributed by atoms with E-state index in [9.17, 15) is 9.59 Å². The van der Waals surface area contributed by atoms with E-state index in [1.807, 2.05) is 86.3 Å². The molecule has 0 spiro atoms. The third-order valence-corrected chi connectivity index (χ3v) is 12.8. The molecule has 1 unspecified atom stereocenters. The molecular weight excluding hydrogens is 906 g/mol. The molecule has 5 aromatic heterocycles. The summed E-state index contributed by atoms with van der Waals surface area (Å²) in [5.41, 5.74) is 6.56. The van der Waals surface area contributed by atoms with Crippen LogP contribution in [0, 0.1) is 0 Å². The Morgan fingerprint density at radius 2 is 1.38 bits per heavy atom. The maximum atomic E-state index is 14.1. The summed E-state index contributed by atoms with van der Waals surface area (Å²) in [6, 6.07) is 19.5. The van der Waals surface area contributed by atoms with Crippen molar-refractivity contribution in [1.82, 2.24) is 64.7 Å². The van der Waals surface area contributed by atoms with Gasteiger partial charge >= 0.3 is 0 Å². The van der Waals surface area contributed by atoms with Gasteiger partial charge in [-0.25, -0.2) is 9.97 Å². The van der Waals surface area contributed by atoms with Crippen molar-refractivity contribution in [2.24, 2.45) is 0 Å². The summed E-state index contributed by atoms with van der Waals surface area (Å²) in [4.78, 5) is 55.2. The molecule has 340 valence electrons. The van der Waals surface area contributed by atoms with Crippen molar-refractivity contribution in [1.29, 1.82) is 0 Å². The van der Waals surface area contributed by atoms with E-state index in [1.165, 1.54) is 16.7 Å². The van der Waals surface area contributed by atoms with E-state index < -0.39 is 0 Å². The van der Waals surface area contributed by atoms with Crippen molar-refractivity contribution < 1.29 is 9.59 Å². The van der Waals surface area contributed by atoms with Gasteiger partial charge in [0, 0.05) is 118 Å². The predicted octanol–water partition coefficient (Wildman–Crippen LogP) is 4.93. The van der Waals surface area contributed by atoms with Crippen molar-refractivity contribution in [3.8, 4) is 0 Å². The first-order chi connectivity index (χ1) is 31.9. The molecule has 7 heterocycles. The van der Waals surface area contributed by atoms with Crippen LogP contribution in [0.15, 0.2) is 121 Å². The van der Waals surface area contributed by atoms with Crippen LogP contribution in [-0.2, 0) is 48.6 Å². The van der Waals surface area contributed by atoms with Crippen molar-refractivity contribution in [2.45, 2.75) is 70.0 Å². The number of aryl methyl sites for hydroxylation is 4. The standard InChI is InChI=1S/C31H33BrClN7O.C17H24N6O/c32-24-16-23-6-5-22-17-25(33)7-8-27(22)30(29(23)37-18-24)39-15-11-36-28(20-39)31(41)40(19-26-4-1-2-9-35-26)13-3-12-38-14-10-34-21-38;24-17(16-12-18-6-7-21-16)23(13-15-4-1-2-5-20-15)10-3-9-22-11-8-19-14-22/h1-2,4,7-10,14,16-18,21,28,30,36H,3,5-6,11-13,15,19-20H2;1-2,4-5,8,11,14,16,18,21H,3,6-7,9-10,12-13H2/t28-,30?;16-/m11/s1. The number of nitrogens with zero attached hydrogens (tertiary/aromatic N) is 10. The molecule has 3 aliphatic rings. The van der Waals surface area contributed by atoms with Crippen LogP contribution in [0.25, 0.3) is 0 Å². The lowest BCUT2D eigenvalue weighted by atomic mass is 9.95. The number of carbonyl (C=O) groups excluding carboxylic acids is 2. The van der Waals surface area contributed by atoms with Gasteiger partial charge in [0.25, 0.3) is 0 Å². The summed E-state index contributed by atoms with van der Waals surface area (Å²) in [5.74, 6) is 0.235. The number of amides is 2. The Morgan fingerprint density at radius 1 is 0.738 bits per heavy atom. The zero-order chi connectivity index (χ0) is 44.8. The van der Waals surface area contributed by atoms with Gasteiger partial charge in [0.05, 0.1) is 61.0 Å². The molecule has 3 N–H and O–H groups in total. The summed E-state index contributed by atoms with van der Waals surface area (Å²) in [7, 11) is 0. The molecule has 2 aliphatic heterocycles. The lowest BCUT2D eigenvalue weighted by molar-refractivity contribution is -0.136. The highest BCUT2D eigenvalue weighted by Gasteiger charge is 2.36. The zero-order valence-electron chi connectivity index (χ0n) is 36.6. The average Bonchev–Trinajstić information content (AvgIpc) is 4.05. The second-order valence-corrected chi connectivity index (χ2v) is 18.0. The number of benzene rings is 1. The highest BCUT2D eigenvalue weighted by Crippen LogP contribution is 2.38. The summed E-state index contributed by atoms with van der Waals surface area (Å²) in [6.07, 6.45) is 20.0. The van der Waals surface area contributed by atoms with Crippen molar-refractivity contribution in [2.75, 3.05) is 52.4 Å². The second kappa shape index (κ2) is 23.2. The number of rotatable bonds is 15. The van der Waals surface area contributed by atoms with Crippen LogP contribution in [-0.4, -0.2) is 125 Å². The summed E-state index contributed by atoms with van der Waals surface area (Å²) in [6.45, 7) is 8.53. The molecular formula is C48H57BrClN13O2. The van der Waals surface area contributed by atoms with Gasteiger partial charge in [-0.1, -0.05) is 29.8 Å². The van der Waals surface area contributed by atoms with E-state index in [4.69, 9.17) is 16.6 Å². The molecule has 6 aromatic rings. The lowest BCUT2D eigenvalue weighted by Crippen LogP contribution is -2.58. The number of fused-ring (bicyclic) bond motifs is 2. The molecule has 15 nitrogen and oxygen atoms in total. The van der Waals surface area contributed by atoms with Crippen molar-refractivity contribution in [3.63, 3.8) is 0 Å². The van der Waals surface area contributed by atoms with Crippen molar-refractivity contribution in [3.05, 3.63) is 160 Å².